The molecule has 0 saturated carbocycles. The number of methoxy groups -OCH3 is 3. The molecular weight excluding hydrogens is 372 g/mol. The number of hydrogen-bond acceptors (Lipinski definition) is 7. The van der Waals surface area contributed by atoms with E-state index in [1.54, 1.807) is 21.3 Å². The predicted octanol–water partition coefficient (Wildman–Crippen LogP) is 4.93. The van der Waals surface area contributed by atoms with E-state index in [9.17, 15) is 0 Å². The number of nitrogens with one attached hydrogen (secondary N) is 2. The Hall–Kier alpha value is -3.74. The molecule has 0 fully saturated rings. The molecule has 7 nitrogen and oxygen atoms in total. The maximum Gasteiger partial charge on any atom is 0.231 e. The summed E-state index contributed by atoms with van der Waals surface area (Å²) < 4.78 is 27.0. The first kappa shape index (κ1) is 18.6. The van der Waals surface area contributed by atoms with Crippen molar-refractivity contribution in [3.05, 3.63) is 54.6 Å². The van der Waals surface area contributed by atoms with E-state index < -0.39 is 0 Å². The van der Waals surface area contributed by atoms with Crippen LogP contribution in [0.15, 0.2) is 54.6 Å². The van der Waals surface area contributed by atoms with Crippen molar-refractivity contribution in [1.82, 2.24) is 0 Å². The Balaban J connectivity index is 1.66. The van der Waals surface area contributed by atoms with Crippen LogP contribution in [0.3, 0.4) is 0 Å². The van der Waals surface area contributed by atoms with E-state index >= 15 is 0 Å². The molecule has 0 saturated heterocycles. The van der Waals surface area contributed by atoms with Crippen LogP contribution in [0, 0.1) is 0 Å². The van der Waals surface area contributed by atoms with Crippen LogP contribution in [0.5, 0.6) is 28.7 Å². The van der Waals surface area contributed by atoms with Crippen molar-refractivity contribution in [3.8, 4) is 28.7 Å². The molecule has 3 aromatic carbocycles. The Bertz CT molecular complexity index is 1000. The molecule has 4 rings (SSSR count). The maximum atomic E-state index is 5.54. The summed E-state index contributed by atoms with van der Waals surface area (Å²) in [6.07, 6.45) is 0. The molecule has 1 aliphatic rings. The first-order valence-corrected chi connectivity index (χ1v) is 9.04. The highest BCUT2D eigenvalue weighted by Gasteiger charge is 2.18. The molecule has 0 unspecified atom stereocenters. The highest BCUT2D eigenvalue weighted by molar-refractivity contribution is 5.82. The van der Waals surface area contributed by atoms with Crippen molar-refractivity contribution >= 4 is 22.7 Å². The molecule has 2 N–H and O–H groups in total. The van der Waals surface area contributed by atoms with E-state index in [4.69, 9.17) is 23.7 Å². The third-order valence-corrected chi connectivity index (χ3v) is 4.54. The third kappa shape index (κ3) is 3.94. The van der Waals surface area contributed by atoms with Gasteiger partial charge in [0, 0.05) is 29.6 Å². The first-order chi connectivity index (χ1) is 14.2. The summed E-state index contributed by atoms with van der Waals surface area (Å²) in [5, 5.41) is 6.83. The summed E-state index contributed by atoms with van der Waals surface area (Å²) in [6.45, 7) is 0.205. The van der Waals surface area contributed by atoms with E-state index in [0.29, 0.717) is 23.0 Å². The van der Waals surface area contributed by atoms with Gasteiger partial charge in [-0.15, -0.1) is 0 Å². The van der Waals surface area contributed by atoms with E-state index in [2.05, 4.69) is 10.6 Å². The van der Waals surface area contributed by atoms with Crippen LogP contribution in [0.25, 0.3) is 0 Å². The fraction of sp³-hybridized carbons (Fsp3) is 0.182. The van der Waals surface area contributed by atoms with Gasteiger partial charge in [0.2, 0.25) is 6.79 Å². The normalized spacial score (nSPS) is 11.7. The fourth-order valence-corrected chi connectivity index (χ4v) is 3.05. The van der Waals surface area contributed by atoms with Gasteiger partial charge in [0.25, 0.3) is 0 Å². The second-order valence-corrected chi connectivity index (χ2v) is 6.30. The Morgan fingerprint density at radius 1 is 0.655 bits per heavy atom. The lowest BCUT2D eigenvalue weighted by atomic mass is 10.2. The number of rotatable bonds is 7. The van der Waals surface area contributed by atoms with Gasteiger partial charge in [-0.25, -0.2) is 0 Å². The lowest BCUT2D eigenvalue weighted by Crippen LogP contribution is -1.99. The summed E-state index contributed by atoms with van der Waals surface area (Å²) in [5.74, 6) is 3.49. The Kier molecular flexibility index (Phi) is 5.20. The monoisotopic (exact) mass is 394 g/mol. The maximum absolute atomic E-state index is 5.54. The molecule has 0 radical (unpaired) electrons. The van der Waals surface area contributed by atoms with Gasteiger partial charge in [0.1, 0.15) is 5.75 Å². The van der Waals surface area contributed by atoms with Gasteiger partial charge in [0.15, 0.2) is 23.0 Å². The zero-order chi connectivity index (χ0) is 20.2. The molecule has 1 aliphatic heterocycles. The second-order valence-electron chi connectivity index (χ2n) is 6.30. The van der Waals surface area contributed by atoms with Crippen LogP contribution in [0.2, 0.25) is 0 Å². The molecule has 7 heteroatoms. The van der Waals surface area contributed by atoms with Crippen molar-refractivity contribution in [2.24, 2.45) is 0 Å². The molecular formula is C22H22N2O5. The second kappa shape index (κ2) is 8.10. The van der Waals surface area contributed by atoms with Crippen LogP contribution in [0.1, 0.15) is 0 Å². The first-order valence-electron chi connectivity index (χ1n) is 9.04. The quantitative estimate of drug-likeness (QED) is 0.589. The van der Waals surface area contributed by atoms with E-state index in [-0.39, 0.29) is 6.79 Å². The SMILES string of the molecule is COc1ccc(Nc2cc3c(cc2Nc2ccc(OC)c(OC)c2)OCO3)cc1. The summed E-state index contributed by atoms with van der Waals surface area (Å²) in [7, 11) is 4.87. The summed E-state index contributed by atoms with van der Waals surface area (Å²) in [5.41, 5.74) is 3.44. The van der Waals surface area contributed by atoms with E-state index in [0.717, 1.165) is 28.5 Å². The summed E-state index contributed by atoms with van der Waals surface area (Å²) >= 11 is 0. The molecule has 3 aromatic rings. The van der Waals surface area contributed by atoms with Crippen LogP contribution in [-0.2, 0) is 0 Å². The topological polar surface area (TPSA) is 70.2 Å². The molecule has 0 amide bonds. The van der Waals surface area contributed by atoms with Gasteiger partial charge in [0.05, 0.1) is 32.7 Å². The molecule has 0 aromatic heterocycles. The minimum absolute atomic E-state index is 0.205. The van der Waals surface area contributed by atoms with Crippen LogP contribution in [-0.4, -0.2) is 28.1 Å². The number of ether oxygens (including phenoxy) is 5. The van der Waals surface area contributed by atoms with Crippen molar-refractivity contribution in [1.29, 1.82) is 0 Å². The molecule has 150 valence electrons. The highest BCUT2D eigenvalue weighted by Crippen LogP contribution is 2.42. The van der Waals surface area contributed by atoms with Crippen LogP contribution < -0.4 is 34.3 Å². The Morgan fingerprint density at radius 2 is 1.24 bits per heavy atom. The summed E-state index contributed by atoms with van der Waals surface area (Å²) in [6, 6.07) is 17.2. The lowest BCUT2D eigenvalue weighted by molar-refractivity contribution is 0.174. The average Bonchev–Trinajstić information content (AvgIpc) is 3.21. The van der Waals surface area contributed by atoms with Gasteiger partial charge in [-0.3, -0.25) is 0 Å². The van der Waals surface area contributed by atoms with Crippen molar-refractivity contribution in [2.45, 2.75) is 0 Å². The predicted molar refractivity (Wildman–Crippen MR) is 112 cm³/mol. The highest BCUT2D eigenvalue weighted by atomic mass is 16.7. The molecule has 29 heavy (non-hydrogen) atoms. The zero-order valence-electron chi connectivity index (χ0n) is 16.4. The number of anilines is 4. The minimum Gasteiger partial charge on any atom is -0.497 e. The van der Waals surface area contributed by atoms with Crippen molar-refractivity contribution in [3.63, 3.8) is 0 Å². The average molecular weight is 394 g/mol. The van der Waals surface area contributed by atoms with E-state index in [1.165, 1.54) is 0 Å². The number of hydrogen-bond donors (Lipinski definition) is 2. The van der Waals surface area contributed by atoms with Gasteiger partial charge in [-0.1, -0.05) is 0 Å². The third-order valence-electron chi connectivity index (χ3n) is 4.54. The largest absolute Gasteiger partial charge is 0.497 e. The van der Waals surface area contributed by atoms with Gasteiger partial charge >= 0.3 is 0 Å². The molecule has 0 spiro atoms. The van der Waals surface area contributed by atoms with Crippen LogP contribution in [0.4, 0.5) is 22.7 Å². The fourth-order valence-electron chi connectivity index (χ4n) is 3.05. The molecule has 0 bridgehead atoms. The van der Waals surface area contributed by atoms with E-state index in [1.807, 2.05) is 54.6 Å². The Morgan fingerprint density at radius 3 is 1.83 bits per heavy atom. The van der Waals surface area contributed by atoms with Gasteiger partial charge < -0.3 is 34.3 Å². The van der Waals surface area contributed by atoms with Gasteiger partial charge in [-0.2, -0.15) is 0 Å². The smallest absolute Gasteiger partial charge is 0.231 e. The van der Waals surface area contributed by atoms with Crippen molar-refractivity contribution < 1.29 is 23.7 Å². The zero-order valence-corrected chi connectivity index (χ0v) is 16.4. The number of fused-ring (bicyclic) bond motifs is 1. The Labute approximate surface area is 169 Å². The standard InChI is InChI=1S/C22H22N2O5/c1-25-16-7-4-14(5-8-16)23-17-11-21-22(29-13-28-21)12-18(17)24-15-6-9-19(26-2)20(10-15)27-3/h4-12,23-24H,13H2,1-3H3. The lowest BCUT2D eigenvalue weighted by Gasteiger charge is -2.16. The molecule has 0 atom stereocenters. The number of benzene rings is 3. The summed E-state index contributed by atoms with van der Waals surface area (Å²) in [4.78, 5) is 0. The minimum atomic E-state index is 0.205. The van der Waals surface area contributed by atoms with Crippen molar-refractivity contribution in [2.75, 3.05) is 38.8 Å². The van der Waals surface area contributed by atoms with Crippen LogP contribution >= 0.6 is 0 Å². The molecule has 0 aliphatic carbocycles. The van der Waals surface area contributed by atoms with Gasteiger partial charge in [-0.05, 0) is 36.4 Å². The molecule has 1 heterocycles.